The number of carbonyl (C=O) groups excluding carboxylic acids is 1. The average molecular weight is 281 g/mol. The first kappa shape index (κ1) is 14.9. The number of nitrogens with two attached hydrogens (primary N) is 1. The Balaban J connectivity index is 1.72. The topological polar surface area (TPSA) is 95.1 Å². The lowest BCUT2D eigenvalue weighted by Gasteiger charge is -2.28. The first-order valence-electron chi connectivity index (χ1n) is 7.25. The van der Waals surface area contributed by atoms with Gasteiger partial charge in [-0.3, -0.25) is 10.2 Å². The molecule has 20 heavy (non-hydrogen) atoms. The summed E-state index contributed by atoms with van der Waals surface area (Å²) in [5.74, 6) is 5.41. The number of nitrogen functional groups attached to an aromatic ring is 1. The van der Waals surface area contributed by atoms with Gasteiger partial charge in [0.2, 0.25) is 0 Å². The molecule has 0 aliphatic heterocycles. The third kappa shape index (κ3) is 4.01. The number of amides is 1. The lowest BCUT2D eigenvalue weighted by molar-refractivity contribution is 0.00752. The summed E-state index contributed by atoms with van der Waals surface area (Å²) in [7, 11) is 0. The van der Waals surface area contributed by atoms with Crippen LogP contribution < -0.4 is 11.3 Å². The van der Waals surface area contributed by atoms with E-state index in [4.69, 9.17) is 10.6 Å². The summed E-state index contributed by atoms with van der Waals surface area (Å²) in [6.07, 6.45) is 8.07. The lowest BCUT2D eigenvalue weighted by atomic mass is 9.85. The van der Waals surface area contributed by atoms with E-state index in [0.717, 1.165) is 18.8 Å². The molecule has 1 aromatic rings. The first-order chi connectivity index (χ1) is 9.72. The zero-order chi connectivity index (χ0) is 14.4. The molecule has 0 bridgehead atoms. The standard InChI is InChI=1S/C13H23N5O2/c1-2-10-4-3-5-11(8-10)20-7-6-18-9-12(16-17-18)13(19)15-14/h9-11H,2-8,14H2,1H3,(H,15,19). The van der Waals surface area contributed by atoms with Crippen LogP contribution in [-0.2, 0) is 11.3 Å². The van der Waals surface area contributed by atoms with E-state index in [1.165, 1.54) is 19.3 Å². The van der Waals surface area contributed by atoms with Crippen molar-refractivity contribution in [1.29, 1.82) is 0 Å². The SMILES string of the molecule is CCC1CCCC(OCCn2cc(C(=O)NN)nn2)C1. The van der Waals surface area contributed by atoms with E-state index in [2.05, 4.69) is 17.2 Å². The molecule has 2 atom stereocenters. The van der Waals surface area contributed by atoms with Crippen molar-refractivity contribution in [3.05, 3.63) is 11.9 Å². The Bertz CT molecular complexity index is 434. The zero-order valence-electron chi connectivity index (χ0n) is 11.9. The number of rotatable bonds is 6. The largest absolute Gasteiger partial charge is 0.376 e. The number of hydrogen-bond donors (Lipinski definition) is 2. The number of carbonyl (C=O) groups is 1. The number of hydrogen-bond acceptors (Lipinski definition) is 5. The molecule has 2 rings (SSSR count). The maximum absolute atomic E-state index is 11.2. The summed E-state index contributed by atoms with van der Waals surface area (Å²) in [5.41, 5.74) is 2.25. The van der Waals surface area contributed by atoms with Crippen LogP contribution in [0.4, 0.5) is 0 Å². The Morgan fingerprint density at radius 3 is 3.20 bits per heavy atom. The minimum atomic E-state index is -0.435. The fourth-order valence-corrected chi connectivity index (χ4v) is 2.66. The molecule has 1 fully saturated rings. The summed E-state index contributed by atoms with van der Waals surface area (Å²) >= 11 is 0. The zero-order valence-corrected chi connectivity index (χ0v) is 11.9. The summed E-state index contributed by atoms with van der Waals surface area (Å²) in [5, 5.41) is 7.61. The monoisotopic (exact) mass is 281 g/mol. The van der Waals surface area contributed by atoms with Gasteiger partial charge in [0.05, 0.1) is 25.5 Å². The fourth-order valence-electron chi connectivity index (χ4n) is 2.66. The molecule has 2 unspecified atom stereocenters. The van der Waals surface area contributed by atoms with Crippen molar-refractivity contribution in [3.63, 3.8) is 0 Å². The van der Waals surface area contributed by atoms with Crippen molar-refractivity contribution < 1.29 is 9.53 Å². The van der Waals surface area contributed by atoms with Crippen LogP contribution in [0, 0.1) is 5.92 Å². The quantitative estimate of drug-likeness (QED) is 0.458. The van der Waals surface area contributed by atoms with Crippen LogP contribution in [0.25, 0.3) is 0 Å². The van der Waals surface area contributed by atoms with Crippen LogP contribution in [-0.4, -0.2) is 33.6 Å². The van der Waals surface area contributed by atoms with Crippen molar-refractivity contribution >= 4 is 5.91 Å². The van der Waals surface area contributed by atoms with E-state index in [1.54, 1.807) is 10.9 Å². The Hall–Kier alpha value is -1.47. The highest BCUT2D eigenvalue weighted by Gasteiger charge is 2.21. The number of aromatic nitrogens is 3. The minimum absolute atomic E-state index is 0.219. The number of hydrazine groups is 1. The van der Waals surface area contributed by atoms with Gasteiger partial charge < -0.3 is 4.74 Å². The summed E-state index contributed by atoms with van der Waals surface area (Å²) < 4.78 is 7.50. The second-order valence-corrected chi connectivity index (χ2v) is 5.27. The first-order valence-corrected chi connectivity index (χ1v) is 7.25. The Morgan fingerprint density at radius 1 is 1.60 bits per heavy atom. The van der Waals surface area contributed by atoms with Crippen molar-refractivity contribution in [2.75, 3.05) is 6.61 Å². The summed E-state index contributed by atoms with van der Waals surface area (Å²) in [6.45, 7) is 3.43. The van der Waals surface area contributed by atoms with Crippen LogP contribution in [0.5, 0.6) is 0 Å². The normalized spacial score (nSPS) is 22.7. The molecule has 0 spiro atoms. The van der Waals surface area contributed by atoms with Gasteiger partial charge in [0.1, 0.15) is 0 Å². The van der Waals surface area contributed by atoms with Crippen molar-refractivity contribution in [2.45, 2.75) is 51.7 Å². The van der Waals surface area contributed by atoms with Crippen molar-refractivity contribution in [3.8, 4) is 0 Å². The molecular formula is C13H23N5O2. The second kappa shape index (κ2) is 7.35. The van der Waals surface area contributed by atoms with E-state index >= 15 is 0 Å². The van der Waals surface area contributed by atoms with Gasteiger partial charge in [-0.15, -0.1) is 5.10 Å². The van der Waals surface area contributed by atoms with E-state index in [9.17, 15) is 4.79 Å². The molecule has 1 heterocycles. The fraction of sp³-hybridized carbons (Fsp3) is 0.769. The predicted molar refractivity (Wildman–Crippen MR) is 73.7 cm³/mol. The second-order valence-electron chi connectivity index (χ2n) is 5.27. The maximum atomic E-state index is 11.2. The Labute approximate surface area is 118 Å². The molecule has 0 radical (unpaired) electrons. The molecule has 7 nitrogen and oxygen atoms in total. The van der Waals surface area contributed by atoms with Crippen LogP contribution in [0.15, 0.2) is 6.20 Å². The van der Waals surface area contributed by atoms with E-state index < -0.39 is 5.91 Å². The molecule has 1 amide bonds. The van der Waals surface area contributed by atoms with E-state index in [1.807, 2.05) is 5.43 Å². The third-order valence-electron chi connectivity index (χ3n) is 3.89. The van der Waals surface area contributed by atoms with Gasteiger partial charge in [0.25, 0.3) is 5.91 Å². The van der Waals surface area contributed by atoms with Gasteiger partial charge >= 0.3 is 0 Å². The maximum Gasteiger partial charge on any atom is 0.287 e. The van der Waals surface area contributed by atoms with Gasteiger partial charge in [-0.25, -0.2) is 10.5 Å². The van der Waals surface area contributed by atoms with Gasteiger partial charge in [0.15, 0.2) is 5.69 Å². The predicted octanol–water partition coefficient (Wildman–Crippen LogP) is 0.867. The Morgan fingerprint density at radius 2 is 2.45 bits per heavy atom. The highest BCUT2D eigenvalue weighted by Crippen LogP contribution is 2.28. The number of nitrogens with one attached hydrogen (secondary N) is 1. The van der Waals surface area contributed by atoms with E-state index in [0.29, 0.717) is 19.3 Å². The molecule has 1 saturated carbocycles. The molecule has 0 saturated heterocycles. The molecule has 3 N–H and O–H groups in total. The molecule has 1 aliphatic rings. The van der Waals surface area contributed by atoms with Crippen LogP contribution >= 0.6 is 0 Å². The summed E-state index contributed by atoms with van der Waals surface area (Å²) in [4.78, 5) is 11.2. The smallest absolute Gasteiger partial charge is 0.287 e. The minimum Gasteiger partial charge on any atom is -0.376 e. The number of ether oxygens (including phenoxy) is 1. The van der Waals surface area contributed by atoms with Gasteiger partial charge in [-0.05, 0) is 18.8 Å². The lowest BCUT2D eigenvalue weighted by Crippen LogP contribution is -2.30. The average Bonchev–Trinajstić information content (AvgIpc) is 2.95. The molecule has 112 valence electrons. The van der Waals surface area contributed by atoms with Gasteiger partial charge in [0, 0.05) is 0 Å². The molecular weight excluding hydrogens is 258 g/mol. The summed E-state index contributed by atoms with van der Waals surface area (Å²) in [6, 6.07) is 0. The highest BCUT2D eigenvalue weighted by molar-refractivity contribution is 5.91. The van der Waals surface area contributed by atoms with E-state index in [-0.39, 0.29) is 5.69 Å². The Kier molecular flexibility index (Phi) is 5.49. The number of nitrogens with zero attached hydrogens (tertiary/aromatic N) is 3. The molecule has 0 aromatic carbocycles. The third-order valence-corrected chi connectivity index (χ3v) is 3.89. The molecule has 1 aromatic heterocycles. The van der Waals surface area contributed by atoms with Crippen molar-refractivity contribution in [2.24, 2.45) is 11.8 Å². The highest BCUT2D eigenvalue weighted by atomic mass is 16.5. The van der Waals surface area contributed by atoms with Gasteiger partial charge in [-0.1, -0.05) is 31.4 Å². The van der Waals surface area contributed by atoms with Crippen LogP contribution in [0.1, 0.15) is 49.5 Å². The van der Waals surface area contributed by atoms with Crippen LogP contribution in [0.3, 0.4) is 0 Å². The van der Waals surface area contributed by atoms with Crippen LogP contribution in [0.2, 0.25) is 0 Å². The molecule has 1 aliphatic carbocycles. The van der Waals surface area contributed by atoms with Crippen molar-refractivity contribution in [1.82, 2.24) is 20.4 Å². The molecule has 7 heteroatoms. The van der Waals surface area contributed by atoms with Gasteiger partial charge in [-0.2, -0.15) is 0 Å².